The quantitative estimate of drug-likeness (QED) is 0.503. The Kier molecular flexibility index (Phi) is 4.70. The van der Waals surface area contributed by atoms with Crippen molar-refractivity contribution >= 4 is 22.7 Å². The van der Waals surface area contributed by atoms with Crippen molar-refractivity contribution in [3.8, 4) is 0 Å². The number of rotatable bonds is 6. The predicted molar refractivity (Wildman–Crippen MR) is 81.6 cm³/mol. The molecule has 0 aliphatic carbocycles. The molecule has 0 atom stereocenters. The summed E-state index contributed by atoms with van der Waals surface area (Å²) in [5.74, 6) is 0. The second-order valence-corrected chi connectivity index (χ2v) is 5.57. The fourth-order valence-electron chi connectivity index (χ4n) is 2.01. The molecule has 0 spiro atoms. The molecular weight excluding hydrogens is 274 g/mol. The maximum Gasteiger partial charge on any atom is 0.292 e. The van der Waals surface area contributed by atoms with Crippen molar-refractivity contribution in [3.63, 3.8) is 0 Å². The van der Waals surface area contributed by atoms with Crippen LogP contribution in [0.2, 0.25) is 0 Å². The number of benzene rings is 1. The molecule has 1 heterocycles. The highest BCUT2D eigenvalue weighted by Crippen LogP contribution is 2.23. The molecule has 0 bridgehead atoms. The minimum absolute atomic E-state index is 0.0188. The monoisotopic (exact) mass is 291 g/mol. The lowest BCUT2D eigenvalue weighted by atomic mass is 10.1. The first-order valence-corrected chi connectivity index (χ1v) is 7.25. The second-order valence-electron chi connectivity index (χ2n) is 4.53. The summed E-state index contributed by atoms with van der Waals surface area (Å²) in [5.41, 5.74) is 6.71. The first-order chi connectivity index (χ1) is 9.60. The summed E-state index contributed by atoms with van der Waals surface area (Å²) < 4.78 is 0. The molecule has 5 nitrogen and oxygen atoms in total. The lowest BCUT2D eigenvalue weighted by Gasteiger charge is -2.19. The summed E-state index contributed by atoms with van der Waals surface area (Å²) in [6, 6.07) is 9.14. The Morgan fingerprint density at radius 2 is 2.15 bits per heavy atom. The van der Waals surface area contributed by atoms with Crippen molar-refractivity contribution in [3.05, 3.63) is 56.3 Å². The molecule has 2 N–H and O–H groups in total. The second kappa shape index (κ2) is 6.49. The molecular formula is C14H17N3O2S. The number of thiophene rings is 1. The van der Waals surface area contributed by atoms with E-state index in [2.05, 4.69) is 23.3 Å². The largest absolute Gasteiger partial charge is 0.393 e. The number of nitro groups is 1. The third kappa shape index (κ3) is 3.55. The van der Waals surface area contributed by atoms with E-state index in [0.717, 1.165) is 18.7 Å². The zero-order chi connectivity index (χ0) is 14.5. The highest BCUT2D eigenvalue weighted by Gasteiger charge is 2.13. The molecule has 0 unspecified atom stereocenters. The molecule has 1 aromatic carbocycles. The van der Waals surface area contributed by atoms with Crippen LogP contribution < -0.4 is 5.73 Å². The van der Waals surface area contributed by atoms with Crippen molar-refractivity contribution in [1.29, 1.82) is 0 Å². The van der Waals surface area contributed by atoms with E-state index in [1.54, 1.807) is 23.5 Å². The Morgan fingerprint density at radius 3 is 2.75 bits per heavy atom. The van der Waals surface area contributed by atoms with Gasteiger partial charge in [0, 0.05) is 24.0 Å². The average molecular weight is 291 g/mol. The number of nitrogens with two attached hydrogens (primary N) is 1. The van der Waals surface area contributed by atoms with Crippen LogP contribution in [0.5, 0.6) is 0 Å². The Hall–Kier alpha value is -1.92. The molecule has 0 saturated carbocycles. The van der Waals surface area contributed by atoms with Crippen LogP contribution >= 0.6 is 11.3 Å². The molecule has 2 rings (SSSR count). The van der Waals surface area contributed by atoms with Gasteiger partial charge in [-0.1, -0.05) is 19.1 Å². The summed E-state index contributed by atoms with van der Waals surface area (Å²) in [4.78, 5) is 14.0. The first-order valence-electron chi connectivity index (χ1n) is 6.37. The number of hydrogen-bond donors (Lipinski definition) is 1. The molecule has 0 aliphatic rings. The molecule has 1 aromatic heterocycles. The summed E-state index contributed by atoms with van der Waals surface area (Å²) >= 11 is 1.72. The lowest BCUT2D eigenvalue weighted by molar-refractivity contribution is -0.384. The van der Waals surface area contributed by atoms with E-state index in [0.29, 0.717) is 6.54 Å². The molecule has 0 aliphatic heterocycles. The number of nitro benzene ring substituents is 1. The standard InChI is InChI=1S/C14H17N3O2S/c1-2-16(10-12-4-3-7-20-12)9-11-5-6-13(15)14(8-11)17(18)19/h3-8H,2,9-10,15H2,1H3. The summed E-state index contributed by atoms with van der Waals surface area (Å²) in [6.45, 7) is 4.50. The Morgan fingerprint density at radius 1 is 1.35 bits per heavy atom. The van der Waals surface area contributed by atoms with Crippen LogP contribution in [0.15, 0.2) is 35.7 Å². The van der Waals surface area contributed by atoms with E-state index in [9.17, 15) is 10.1 Å². The minimum Gasteiger partial charge on any atom is -0.393 e. The maximum absolute atomic E-state index is 10.9. The molecule has 106 valence electrons. The van der Waals surface area contributed by atoms with Crippen molar-refractivity contribution in [2.24, 2.45) is 0 Å². The lowest BCUT2D eigenvalue weighted by Crippen LogP contribution is -2.21. The van der Waals surface area contributed by atoms with Crippen molar-refractivity contribution in [2.75, 3.05) is 12.3 Å². The Bertz CT molecular complexity index is 584. The number of nitrogen functional groups attached to an aromatic ring is 1. The van der Waals surface area contributed by atoms with E-state index in [1.165, 1.54) is 4.88 Å². The van der Waals surface area contributed by atoms with Crippen LogP contribution in [0.3, 0.4) is 0 Å². The molecule has 0 amide bonds. The molecule has 0 fully saturated rings. The molecule has 2 aromatic rings. The van der Waals surface area contributed by atoms with E-state index >= 15 is 0 Å². The van der Waals surface area contributed by atoms with Gasteiger partial charge in [0.1, 0.15) is 5.69 Å². The first kappa shape index (κ1) is 14.5. The molecule has 6 heteroatoms. The van der Waals surface area contributed by atoms with Gasteiger partial charge in [-0.25, -0.2) is 0 Å². The van der Waals surface area contributed by atoms with E-state index < -0.39 is 4.92 Å². The van der Waals surface area contributed by atoms with Crippen molar-refractivity contribution in [1.82, 2.24) is 4.90 Å². The minimum atomic E-state index is -0.436. The summed E-state index contributed by atoms with van der Waals surface area (Å²) in [5, 5.41) is 13.0. The third-order valence-corrected chi connectivity index (χ3v) is 3.97. The van der Waals surface area contributed by atoms with Gasteiger partial charge >= 0.3 is 0 Å². The van der Waals surface area contributed by atoms with Crippen LogP contribution in [0.25, 0.3) is 0 Å². The fraction of sp³-hybridized carbons (Fsp3) is 0.286. The number of anilines is 1. The topological polar surface area (TPSA) is 72.4 Å². The smallest absolute Gasteiger partial charge is 0.292 e. The van der Waals surface area contributed by atoms with Crippen LogP contribution in [-0.4, -0.2) is 16.4 Å². The highest BCUT2D eigenvalue weighted by atomic mass is 32.1. The molecule has 0 radical (unpaired) electrons. The van der Waals surface area contributed by atoms with Crippen molar-refractivity contribution < 1.29 is 4.92 Å². The Labute approximate surface area is 121 Å². The molecule has 0 saturated heterocycles. The Balaban J connectivity index is 2.11. The van der Waals surface area contributed by atoms with Gasteiger partial charge < -0.3 is 5.73 Å². The average Bonchev–Trinajstić information content (AvgIpc) is 2.92. The van der Waals surface area contributed by atoms with Gasteiger partial charge in [0.15, 0.2) is 0 Å². The van der Waals surface area contributed by atoms with Gasteiger partial charge in [0.05, 0.1) is 4.92 Å². The van der Waals surface area contributed by atoms with Gasteiger partial charge in [0.25, 0.3) is 5.69 Å². The van der Waals surface area contributed by atoms with E-state index in [4.69, 9.17) is 5.73 Å². The summed E-state index contributed by atoms with van der Waals surface area (Å²) in [6.07, 6.45) is 0. The van der Waals surface area contributed by atoms with Gasteiger partial charge in [-0.2, -0.15) is 0 Å². The van der Waals surface area contributed by atoms with Gasteiger partial charge in [-0.05, 0) is 29.6 Å². The van der Waals surface area contributed by atoms with Crippen LogP contribution in [-0.2, 0) is 13.1 Å². The molecule has 20 heavy (non-hydrogen) atoms. The van der Waals surface area contributed by atoms with Crippen LogP contribution in [0.4, 0.5) is 11.4 Å². The fourth-order valence-corrected chi connectivity index (χ4v) is 2.75. The normalized spacial score (nSPS) is 10.9. The van der Waals surface area contributed by atoms with Gasteiger partial charge in [0.2, 0.25) is 0 Å². The van der Waals surface area contributed by atoms with Gasteiger partial charge in [-0.3, -0.25) is 15.0 Å². The maximum atomic E-state index is 10.9. The summed E-state index contributed by atoms with van der Waals surface area (Å²) in [7, 11) is 0. The van der Waals surface area contributed by atoms with Crippen LogP contribution in [0, 0.1) is 10.1 Å². The third-order valence-electron chi connectivity index (χ3n) is 3.10. The highest BCUT2D eigenvalue weighted by molar-refractivity contribution is 7.09. The van der Waals surface area contributed by atoms with Crippen molar-refractivity contribution in [2.45, 2.75) is 20.0 Å². The number of hydrogen-bond acceptors (Lipinski definition) is 5. The predicted octanol–water partition coefficient (Wildman–Crippen LogP) is 3.26. The van der Waals surface area contributed by atoms with E-state index in [1.807, 2.05) is 12.1 Å². The number of nitrogens with zero attached hydrogens (tertiary/aromatic N) is 2. The zero-order valence-corrected chi connectivity index (χ0v) is 12.1. The zero-order valence-electron chi connectivity index (χ0n) is 11.3. The SMILES string of the molecule is CCN(Cc1ccc(N)c([N+](=O)[O-])c1)Cc1cccs1. The van der Waals surface area contributed by atoms with Crippen LogP contribution in [0.1, 0.15) is 17.4 Å². The van der Waals surface area contributed by atoms with E-state index in [-0.39, 0.29) is 11.4 Å². The van der Waals surface area contributed by atoms with Gasteiger partial charge in [-0.15, -0.1) is 11.3 Å².